The van der Waals surface area contributed by atoms with Crippen LogP contribution in [0.15, 0.2) is 24.4 Å². The van der Waals surface area contributed by atoms with Crippen LogP contribution in [0.1, 0.15) is 57.1 Å². The number of likely N-dealkylation sites (tertiary alicyclic amines) is 1. The molecule has 1 aromatic carbocycles. The average molecular weight is 509 g/mol. The van der Waals surface area contributed by atoms with E-state index in [1.165, 1.54) is 18.6 Å². The molecule has 1 aromatic heterocycles. The van der Waals surface area contributed by atoms with Gasteiger partial charge in [0.1, 0.15) is 5.75 Å². The number of pyridine rings is 1. The Morgan fingerprint density at radius 2 is 2.18 bits per heavy atom. The average Bonchev–Trinajstić information content (AvgIpc) is 2.82. The Balaban J connectivity index is 1.63. The molecule has 2 aromatic rings. The summed E-state index contributed by atoms with van der Waals surface area (Å²) in [6, 6.07) is 5.56. The fourth-order valence-electron chi connectivity index (χ4n) is 4.89. The Morgan fingerprint density at radius 1 is 1.35 bits per heavy atom. The summed E-state index contributed by atoms with van der Waals surface area (Å²) >= 11 is 8.45. The zero-order valence-corrected chi connectivity index (χ0v) is 21.8. The molecule has 0 spiro atoms. The van der Waals surface area contributed by atoms with Gasteiger partial charge in [0, 0.05) is 42.4 Å². The van der Waals surface area contributed by atoms with Crippen molar-refractivity contribution in [3.8, 4) is 5.75 Å². The molecule has 1 aliphatic heterocycles. The first-order chi connectivity index (χ1) is 16.4. The molecule has 0 bridgehead atoms. The number of halogens is 1. The van der Waals surface area contributed by atoms with E-state index >= 15 is 0 Å². The lowest BCUT2D eigenvalue weighted by molar-refractivity contribution is -0.139. The van der Waals surface area contributed by atoms with Gasteiger partial charge in [-0.2, -0.15) is 11.8 Å². The molecular formula is C26H37ClN2O4S. The quantitative estimate of drug-likeness (QED) is 0.338. The molecule has 0 radical (unpaired) electrons. The summed E-state index contributed by atoms with van der Waals surface area (Å²) in [5.74, 6) is 2.61. The third-order valence-electron chi connectivity index (χ3n) is 6.82. The molecule has 34 heavy (non-hydrogen) atoms. The predicted molar refractivity (Wildman–Crippen MR) is 140 cm³/mol. The summed E-state index contributed by atoms with van der Waals surface area (Å²) in [6.45, 7) is 5.03. The highest BCUT2D eigenvalue weighted by molar-refractivity contribution is 7.99. The van der Waals surface area contributed by atoms with Crippen molar-refractivity contribution >= 4 is 40.2 Å². The van der Waals surface area contributed by atoms with Crippen molar-refractivity contribution in [1.82, 2.24) is 9.88 Å². The van der Waals surface area contributed by atoms with Crippen LogP contribution in [-0.4, -0.2) is 64.3 Å². The molecule has 6 nitrogen and oxygen atoms in total. The summed E-state index contributed by atoms with van der Waals surface area (Å²) in [5.41, 5.74) is 1.43. The van der Waals surface area contributed by atoms with E-state index in [4.69, 9.17) is 16.3 Å². The highest BCUT2D eigenvalue weighted by atomic mass is 35.5. The van der Waals surface area contributed by atoms with Crippen molar-refractivity contribution in [3.63, 3.8) is 0 Å². The van der Waals surface area contributed by atoms with Crippen LogP contribution in [0.2, 0.25) is 5.02 Å². The van der Waals surface area contributed by atoms with Crippen LogP contribution in [-0.2, 0) is 4.79 Å². The van der Waals surface area contributed by atoms with E-state index in [0.717, 1.165) is 49.1 Å². The van der Waals surface area contributed by atoms with E-state index in [2.05, 4.69) is 16.8 Å². The molecule has 3 atom stereocenters. The van der Waals surface area contributed by atoms with Gasteiger partial charge in [-0.3, -0.25) is 9.78 Å². The third kappa shape index (κ3) is 7.48. The fourth-order valence-corrected chi connectivity index (χ4v) is 6.25. The number of aliphatic hydroxyl groups excluding tert-OH is 1. The molecule has 1 fully saturated rings. The lowest BCUT2D eigenvalue weighted by atomic mass is 9.79. The highest BCUT2D eigenvalue weighted by Gasteiger charge is 2.31. The van der Waals surface area contributed by atoms with Crippen molar-refractivity contribution in [3.05, 3.63) is 35.0 Å². The van der Waals surface area contributed by atoms with E-state index in [9.17, 15) is 15.0 Å². The molecule has 2 heterocycles. The van der Waals surface area contributed by atoms with Gasteiger partial charge in [-0.1, -0.05) is 24.9 Å². The van der Waals surface area contributed by atoms with Crippen molar-refractivity contribution in [2.45, 2.75) is 51.6 Å². The Kier molecular flexibility index (Phi) is 10.8. The minimum absolute atomic E-state index is 0.101. The van der Waals surface area contributed by atoms with Crippen molar-refractivity contribution in [2.24, 2.45) is 11.8 Å². The first-order valence-corrected chi connectivity index (χ1v) is 13.8. The first kappa shape index (κ1) is 27.1. The minimum atomic E-state index is -0.747. The molecule has 2 N–H and O–H groups in total. The predicted octanol–water partition coefficient (Wildman–Crippen LogP) is 5.66. The third-order valence-corrected chi connectivity index (χ3v) is 8.17. The second-order valence-corrected chi connectivity index (χ2v) is 10.8. The second-order valence-electron chi connectivity index (χ2n) is 9.17. The minimum Gasteiger partial charge on any atom is -0.497 e. The Hall–Kier alpha value is -1.54. The standard InChI is InChI=1S/C26H37ClN2O4S/c1-3-4-12-34-13-11-29-10-9-18(19(17-29)14-25(31)32)5-8-24(30)26-21-15-20(33-2)6-7-23(21)28-16-22(26)27/h6-7,15-16,18-19,24,30H,3-5,8-14,17H2,1-2H3,(H,31,32)/t18?,19?,24-/m1/s1. The van der Waals surface area contributed by atoms with Crippen molar-refractivity contribution in [2.75, 3.05) is 38.2 Å². The SMILES string of the molecule is CCCCSCCN1CCC(CC[C@@H](O)c2c(Cl)cnc3ccc(OC)cc23)C(CC(=O)O)C1. The fraction of sp³-hybridized carbons (Fsp3) is 0.615. The smallest absolute Gasteiger partial charge is 0.303 e. The zero-order valence-electron chi connectivity index (χ0n) is 20.2. The van der Waals surface area contributed by atoms with Crippen LogP contribution >= 0.6 is 23.4 Å². The van der Waals surface area contributed by atoms with Crippen LogP contribution in [0, 0.1) is 11.8 Å². The molecule has 1 aliphatic rings. The van der Waals surface area contributed by atoms with Gasteiger partial charge in [-0.15, -0.1) is 0 Å². The number of piperidine rings is 1. The van der Waals surface area contributed by atoms with Gasteiger partial charge in [0.05, 0.1) is 23.8 Å². The monoisotopic (exact) mass is 508 g/mol. The van der Waals surface area contributed by atoms with Crippen LogP contribution in [0.5, 0.6) is 5.75 Å². The topological polar surface area (TPSA) is 82.9 Å². The number of unbranched alkanes of at least 4 members (excludes halogenated alkanes) is 1. The van der Waals surface area contributed by atoms with Crippen molar-refractivity contribution in [1.29, 1.82) is 0 Å². The van der Waals surface area contributed by atoms with E-state index in [-0.39, 0.29) is 18.3 Å². The van der Waals surface area contributed by atoms with E-state index in [1.807, 2.05) is 30.0 Å². The molecule has 188 valence electrons. The second kappa shape index (κ2) is 13.5. The number of fused-ring (bicyclic) bond motifs is 1. The van der Waals surface area contributed by atoms with Gasteiger partial charge in [-0.05, 0) is 68.0 Å². The lowest BCUT2D eigenvalue weighted by Gasteiger charge is -2.38. The number of hydrogen-bond donors (Lipinski definition) is 2. The Bertz CT molecular complexity index is 944. The summed E-state index contributed by atoms with van der Waals surface area (Å²) in [7, 11) is 1.61. The molecule has 3 rings (SSSR count). The number of carboxylic acids is 1. The number of rotatable bonds is 13. The molecular weight excluding hydrogens is 472 g/mol. The lowest BCUT2D eigenvalue weighted by Crippen LogP contribution is -2.42. The number of carbonyl (C=O) groups is 1. The van der Waals surface area contributed by atoms with Gasteiger partial charge in [-0.25, -0.2) is 0 Å². The summed E-state index contributed by atoms with van der Waals surface area (Å²) < 4.78 is 5.35. The van der Waals surface area contributed by atoms with E-state index in [1.54, 1.807) is 13.3 Å². The number of aliphatic carboxylic acids is 1. The van der Waals surface area contributed by atoms with Crippen LogP contribution in [0.4, 0.5) is 0 Å². The number of benzene rings is 1. The number of aliphatic hydroxyl groups is 1. The number of ether oxygens (including phenoxy) is 1. The molecule has 1 saturated heterocycles. The van der Waals surface area contributed by atoms with Gasteiger partial charge in [0.25, 0.3) is 0 Å². The number of aromatic nitrogens is 1. The largest absolute Gasteiger partial charge is 0.497 e. The van der Waals surface area contributed by atoms with Gasteiger partial charge in [0.2, 0.25) is 0 Å². The normalized spacial score (nSPS) is 19.9. The van der Waals surface area contributed by atoms with Gasteiger partial charge >= 0.3 is 5.97 Å². The zero-order chi connectivity index (χ0) is 24.5. The molecule has 0 aliphatic carbocycles. The van der Waals surface area contributed by atoms with Gasteiger partial charge in [0.15, 0.2) is 0 Å². The van der Waals surface area contributed by atoms with Gasteiger partial charge < -0.3 is 19.8 Å². The molecule has 2 unspecified atom stereocenters. The van der Waals surface area contributed by atoms with Crippen LogP contribution < -0.4 is 4.74 Å². The molecule has 8 heteroatoms. The summed E-state index contributed by atoms with van der Waals surface area (Å²) in [6.07, 6.45) is 5.74. The Morgan fingerprint density at radius 3 is 2.91 bits per heavy atom. The first-order valence-electron chi connectivity index (χ1n) is 12.2. The molecule has 0 saturated carbocycles. The number of hydrogen-bond acceptors (Lipinski definition) is 6. The number of nitrogens with zero attached hydrogens (tertiary/aromatic N) is 2. The maximum atomic E-state index is 11.6. The van der Waals surface area contributed by atoms with Crippen LogP contribution in [0.25, 0.3) is 10.9 Å². The maximum Gasteiger partial charge on any atom is 0.303 e. The number of methoxy groups -OCH3 is 1. The van der Waals surface area contributed by atoms with Crippen molar-refractivity contribution < 1.29 is 19.7 Å². The summed E-state index contributed by atoms with van der Waals surface area (Å²) in [4.78, 5) is 18.3. The molecule has 0 amide bonds. The van der Waals surface area contributed by atoms with Crippen LogP contribution in [0.3, 0.4) is 0 Å². The highest BCUT2D eigenvalue weighted by Crippen LogP contribution is 2.37. The van der Waals surface area contributed by atoms with E-state index in [0.29, 0.717) is 22.8 Å². The Labute approximate surface area is 212 Å². The number of thioether (sulfide) groups is 1. The maximum absolute atomic E-state index is 11.6. The summed E-state index contributed by atoms with van der Waals surface area (Å²) in [5, 5.41) is 21.8. The van der Waals surface area contributed by atoms with E-state index < -0.39 is 12.1 Å². The number of carboxylic acid groups (broad SMARTS) is 1.